The minimum absolute atomic E-state index is 0.0210. The van der Waals surface area contributed by atoms with Crippen molar-refractivity contribution in [2.45, 2.75) is 95.6 Å². The Kier molecular flexibility index (Phi) is 9.74. The summed E-state index contributed by atoms with van der Waals surface area (Å²) in [4.78, 5) is 43.6. The van der Waals surface area contributed by atoms with E-state index in [4.69, 9.17) is 16.3 Å². The molecule has 9 nitrogen and oxygen atoms in total. The Morgan fingerprint density at radius 3 is 2.46 bits per heavy atom. The van der Waals surface area contributed by atoms with Gasteiger partial charge in [-0.25, -0.2) is 4.79 Å². The van der Waals surface area contributed by atoms with Crippen LogP contribution in [-0.2, 0) is 4.74 Å². The molecule has 0 bridgehead atoms. The van der Waals surface area contributed by atoms with Crippen molar-refractivity contribution in [1.82, 2.24) is 14.7 Å². The first kappa shape index (κ1) is 30.1. The van der Waals surface area contributed by atoms with Gasteiger partial charge < -0.3 is 14.5 Å². The van der Waals surface area contributed by atoms with Crippen molar-refractivity contribution in [2.24, 2.45) is 11.8 Å². The van der Waals surface area contributed by atoms with Gasteiger partial charge in [0.15, 0.2) is 0 Å². The maximum Gasteiger partial charge on any atom is 0.410 e. The Morgan fingerprint density at radius 2 is 1.80 bits per heavy atom. The first-order valence-corrected chi connectivity index (χ1v) is 16.1. The maximum absolute atomic E-state index is 13.3. The van der Waals surface area contributed by atoms with Gasteiger partial charge in [0.25, 0.3) is 11.6 Å². The van der Waals surface area contributed by atoms with Gasteiger partial charge in [-0.15, -0.1) is 0 Å². The molecule has 0 N–H and O–H groups in total. The number of nitrogens with zero attached hydrogens (tertiary/aromatic N) is 4. The molecule has 0 radical (unpaired) electrons. The molecular formula is C31H45ClN4O5. The van der Waals surface area contributed by atoms with Crippen LogP contribution in [0.25, 0.3) is 0 Å². The SMILES string of the molecule is CCCCC1CN(CC2CCCCC2)C(=O)OC12CCN(C1CCN(C(=O)c3c(Cl)cccc3[N+](=O)[O-])CC1)CC2. The molecule has 1 saturated carbocycles. The van der Waals surface area contributed by atoms with Gasteiger partial charge in [0, 0.05) is 70.1 Å². The minimum atomic E-state index is -0.545. The number of halogens is 1. The van der Waals surface area contributed by atoms with Crippen LogP contribution in [0.5, 0.6) is 0 Å². The summed E-state index contributed by atoms with van der Waals surface area (Å²) in [6.07, 6.45) is 12.9. The molecule has 3 heterocycles. The number of benzene rings is 1. The summed E-state index contributed by atoms with van der Waals surface area (Å²) in [6.45, 7) is 6.74. The molecule has 1 aliphatic carbocycles. The summed E-state index contributed by atoms with van der Waals surface area (Å²) in [5.74, 6) is 0.613. The third-order valence-corrected chi connectivity index (χ3v) is 10.5. The zero-order valence-corrected chi connectivity index (χ0v) is 25.2. The van der Waals surface area contributed by atoms with E-state index in [9.17, 15) is 19.7 Å². The Balaban J connectivity index is 1.17. The maximum atomic E-state index is 13.3. The number of hydrogen-bond donors (Lipinski definition) is 0. The highest BCUT2D eigenvalue weighted by molar-refractivity contribution is 6.34. The number of hydrogen-bond acceptors (Lipinski definition) is 6. The van der Waals surface area contributed by atoms with Crippen LogP contribution >= 0.6 is 11.6 Å². The normalized spacial score (nSPS) is 24.4. The van der Waals surface area contributed by atoms with E-state index < -0.39 is 4.92 Å². The molecule has 3 saturated heterocycles. The Morgan fingerprint density at radius 1 is 1.10 bits per heavy atom. The van der Waals surface area contributed by atoms with E-state index in [0.717, 1.165) is 71.1 Å². The number of nitro benzene ring substituents is 1. The molecule has 1 spiro atoms. The molecule has 5 rings (SSSR count). The van der Waals surface area contributed by atoms with Gasteiger partial charge >= 0.3 is 6.09 Å². The van der Waals surface area contributed by atoms with E-state index in [1.165, 1.54) is 50.3 Å². The third kappa shape index (κ3) is 6.66. The topological polar surface area (TPSA) is 96.2 Å². The van der Waals surface area contributed by atoms with Gasteiger partial charge in [-0.05, 0) is 44.1 Å². The molecule has 2 amide bonds. The largest absolute Gasteiger partial charge is 0.442 e. The lowest BCUT2D eigenvalue weighted by atomic mass is 9.75. The van der Waals surface area contributed by atoms with Crippen molar-refractivity contribution in [3.8, 4) is 0 Å². The van der Waals surface area contributed by atoms with E-state index in [2.05, 4.69) is 11.8 Å². The standard InChI is InChI=1S/C31H45ClN4O5/c1-2-3-10-24-22-35(21-23-8-5-4-6-9-23)30(38)41-31(24)15-19-33(20-16-31)25-13-17-34(18-14-25)29(37)28-26(32)11-7-12-27(28)36(39)40/h7,11-12,23-25H,2-6,8-10,13-22H2,1H3. The number of likely N-dealkylation sites (tertiary alicyclic amines) is 2. The van der Waals surface area contributed by atoms with Crippen LogP contribution in [0.15, 0.2) is 18.2 Å². The molecule has 4 aliphatic rings. The van der Waals surface area contributed by atoms with Gasteiger partial charge in [0.1, 0.15) is 11.2 Å². The predicted octanol–water partition coefficient (Wildman–Crippen LogP) is 6.53. The lowest BCUT2D eigenvalue weighted by Crippen LogP contribution is -2.61. The van der Waals surface area contributed by atoms with Crippen LogP contribution in [0, 0.1) is 22.0 Å². The highest BCUT2D eigenvalue weighted by atomic mass is 35.5. The summed E-state index contributed by atoms with van der Waals surface area (Å²) in [5.41, 5.74) is -0.638. The first-order chi connectivity index (χ1) is 19.8. The number of amides is 2. The predicted molar refractivity (Wildman–Crippen MR) is 158 cm³/mol. The number of unbranched alkanes of at least 4 members (excludes halogenated alkanes) is 1. The lowest BCUT2D eigenvalue weighted by Gasteiger charge is -2.52. The van der Waals surface area contributed by atoms with Crippen LogP contribution in [0.2, 0.25) is 5.02 Å². The number of carbonyl (C=O) groups excluding carboxylic acids is 2. The Labute approximate surface area is 248 Å². The summed E-state index contributed by atoms with van der Waals surface area (Å²) in [6, 6.07) is 4.70. The number of nitro groups is 1. The number of carbonyl (C=O) groups is 2. The van der Waals surface area contributed by atoms with Gasteiger partial charge in [-0.2, -0.15) is 0 Å². The van der Waals surface area contributed by atoms with Gasteiger partial charge in [0.2, 0.25) is 0 Å². The molecule has 1 aromatic rings. The van der Waals surface area contributed by atoms with Crippen LogP contribution in [0.1, 0.15) is 94.3 Å². The van der Waals surface area contributed by atoms with Crippen LogP contribution in [0.3, 0.4) is 0 Å². The zero-order valence-electron chi connectivity index (χ0n) is 24.4. The van der Waals surface area contributed by atoms with E-state index in [1.807, 2.05) is 4.90 Å². The fraction of sp³-hybridized carbons (Fsp3) is 0.742. The molecule has 3 aliphatic heterocycles. The average molecular weight is 589 g/mol. The van der Waals surface area contributed by atoms with Crippen molar-refractivity contribution in [3.63, 3.8) is 0 Å². The van der Waals surface area contributed by atoms with E-state index in [1.54, 1.807) is 4.90 Å². The quantitative estimate of drug-likeness (QED) is 0.253. The van der Waals surface area contributed by atoms with Crippen molar-refractivity contribution in [1.29, 1.82) is 0 Å². The van der Waals surface area contributed by atoms with E-state index in [0.29, 0.717) is 31.0 Å². The summed E-state index contributed by atoms with van der Waals surface area (Å²) in [5, 5.41) is 11.6. The second-order valence-corrected chi connectivity index (χ2v) is 13.0. The van der Waals surface area contributed by atoms with Crippen molar-refractivity contribution < 1.29 is 19.2 Å². The van der Waals surface area contributed by atoms with Crippen molar-refractivity contribution >= 4 is 29.3 Å². The fourth-order valence-corrected chi connectivity index (χ4v) is 7.96. The molecule has 41 heavy (non-hydrogen) atoms. The van der Waals surface area contributed by atoms with Gasteiger partial charge in [-0.3, -0.25) is 19.8 Å². The molecule has 4 fully saturated rings. The second-order valence-electron chi connectivity index (χ2n) is 12.6. The fourth-order valence-electron chi connectivity index (χ4n) is 7.71. The molecule has 1 atom stereocenters. The Bertz CT molecular complexity index is 1090. The molecule has 10 heteroatoms. The van der Waals surface area contributed by atoms with Gasteiger partial charge in [0.05, 0.1) is 9.95 Å². The summed E-state index contributed by atoms with van der Waals surface area (Å²) in [7, 11) is 0. The van der Waals surface area contributed by atoms with Crippen LogP contribution in [-0.4, -0.2) is 82.5 Å². The average Bonchev–Trinajstić information content (AvgIpc) is 2.98. The molecule has 226 valence electrons. The summed E-state index contributed by atoms with van der Waals surface area (Å²) < 4.78 is 6.39. The highest BCUT2D eigenvalue weighted by Gasteiger charge is 2.50. The molecule has 1 aromatic carbocycles. The van der Waals surface area contributed by atoms with E-state index in [-0.39, 0.29) is 33.9 Å². The zero-order chi connectivity index (χ0) is 29.0. The second kappa shape index (κ2) is 13.3. The molecule has 1 unspecified atom stereocenters. The summed E-state index contributed by atoms with van der Waals surface area (Å²) >= 11 is 6.22. The van der Waals surface area contributed by atoms with Crippen LogP contribution in [0.4, 0.5) is 10.5 Å². The first-order valence-electron chi connectivity index (χ1n) is 15.8. The van der Waals surface area contributed by atoms with Crippen molar-refractivity contribution in [2.75, 3.05) is 39.3 Å². The van der Waals surface area contributed by atoms with Crippen molar-refractivity contribution in [3.05, 3.63) is 38.9 Å². The monoisotopic (exact) mass is 588 g/mol. The smallest absolute Gasteiger partial charge is 0.410 e. The third-order valence-electron chi connectivity index (χ3n) is 10.2. The lowest BCUT2D eigenvalue weighted by molar-refractivity contribution is -0.385. The number of piperidine rings is 2. The molecule has 0 aromatic heterocycles. The van der Waals surface area contributed by atoms with Gasteiger partial charge in [-0.1, -0.05) is 56.7 Å². The Hall–Kier alpha value is -2.39. The van der Waals surface area contributed by atoms with Crippen LogP contribution < -0.4 is 0 Å². The highest BCUT2D eigenvalue weighted by Crippen LogP contribution is 2.42. The number of rotatable bonds is 8. The van der Waals surface area contributed by atoms with E-state index >= 15 is 0 Å². The molecular weight excluding hydrogens is 544 g/mol. The number of ether oxygens (including phenoxy) is 1. The minimum Gasteiger partial charge on any atom is -0.442 e.